The maximum Gasteiger partial charge on any atom is 0.177 e. The second kappa shape index (κ2) is 11.0. The summed E-state index contributed by atoms with van der Waals surface area (Å²) in [4.78, 5) is 12.3. The highest BCUT2D eigenvalue weighted by molar-refractivity contribution is 6.05. The number of likely N-dealkylation sites (N-methyl/N-ethyl adjacent to an activating group) is 2. The number of halogens is 2. The Kier molecular flexibility index (Phi) is 10.2. The van der Waals surface area contributed by atoms with Crippen LogP contribution < -0.4 is 10.6 Å². The number of rotatable bonds is 7. The molecule has 2 aromatic rings. The van der Waals surface area contributed by atoms with Crippen LogP contribution in [0.2, 0.25) is 0 Å². The molecule has 0 fully saturated rings. The molecule has 0 unspecified atom stereocenters. The molecule has 0 aliphatic carbocycles. The van der Waals surface area contributed by atoms with Crippen LogP contribution in [0.4, 0.5) is 0 Å². The second-order valence-electron chi connectivity index (χ2n) is 5.50. The standard InChI is InChI=1S/C18H22N2O4.2ClH/c1-19-9-16(23)11-6-7-13(15(22)8-11)18-12(17(24)10-20-2)4-3-5-14(18)21;;/h3-8,16,19-23H,9-10H2,1-2H3;2*1H/t16-;;/m0../s1. The normalized spacial score (nSPS) is 11.2. The monoisotopic (exact) mass is 402 g/mol. The van der Waals surface area contributed by atoms with E-state index in [0.29, 0.717) is 23.2 Å². The SMILES string of the molecule is CNCC(=O)c1cccc(O)c1-c1ccc([C@@H](O)CNC)cc1O.Cl.Cl. The van der Waals surface area contributed by atoms with Gasteiger partial charge in [0.2, 0.25) is 0 Å². The Morgan fingerprint density at radius 3 is 2.31 bits per heavy atom. The van der Waals surface area contributed by atoms with Gasteiger partial charge in [-0.1, -0.05) is 24.3 Å². The number of carbonyl (C=O) groups is 1. The van der Waals surface area contributed by atoms with Crippen LogP contribution in [0.25, 0.3) is 11.1 Å². The summed E-state index contributed by atoms with van der Waals surface area (Å²) in [5, 5.41) is 36.2. The molecular formula is C18H24Cl2N2O4. The number of phenolic OH excluding ortho intramolecular Hbond substituents is 2. The molecule has 6 nitrogen and oxygen atoms in total. The van der Waals surface area contributed by atoms with Crippen molar-refractivity contribution in [2.75, 3.05) is 27.2 Å². The summed E-state index contributed by atoms with van der Waals surface area (Å²) >= 11 is 0. The van der Waals surface area contributed by atoms with Crippen molar-refractivity contribution < 1.29 is 20.1 Å². The molecule has 0 aliphatic rings. The number of ketones is 1. The van der Waals surface area contributed by atoms with Gasteiger partial charge in [-0.25, -0.2) is 0 Å². The van der Waals surface area contributed by atoms with E-state index in [1.807, 2.05) is 0 Å². The van der Waals surface area contributed by atoms with Gasteiger partial charge in [-0.05, 0) is 31.8 Å². The fraction of sp³-hybridized carbons (Fsp3) is 0.278. The Morgan fingerprint density at radius 2 is 1.73 bits per heavy atom. The lowest BCUT2D eigenvalue weighted by atomic mass is 9.93. The zero-order valence-corrected chi connectivity index (χ0v) is 16.2. The molecule has 0 heterocycles. The lowest BCUT2D eigenvalue weighted by Crippen LogP contribution is -2.19. The molecule has 0 aromatic heterocycles. The molecule has 144 valence electrons. The number of Topliss-reactive ketones (excluding diaryl/α,β-unsaturated/α-hetero) is 1. The molecule has 0 radical (unpaired) electrons. The van der Waals surface area contributed by atoms with Crippen molar-refractivity contribution >= 4 is 30.6 Å². The smallest absolute Gasteiger partial charge is 0.177 e. The first-order valence-corrected chi connectivity index (χ1v) is 7.65. The number of carbonyl (C=O) groups excluding carboxylic acids is 1. The van der Waals surface area contributed by atoms with Gasteiger partial charge in [-0.3, -0.25) is 4.79 Å². The molecule has 0 bridgehead atoms. The zero-order chi connectivity index (χ0) is 17.7. The van der Waals surface area contributed by atoms with Crippen molar-refractivity contribution in [2.45, 2.75) is 6.10 Å². The number of hydrogen-bond acceptors (Lipinski definition) is 6. The fourth-order valence-corrected chi connectivity index (χ4v) is 2.59. The highest BCUT2D eigenvalue weighted by atomic mass is 35.5. The average Bonchev–Trinajstić information content (AvgIpc) is 2.55. The molecule has 5 N–H and O–H groups in total. The van der Waals surface area contributed by atoms with Gasteiger partial charge in [0.25, 0.3) is 0 Å². The number of benzene rings is 2. The highest BCUT2D eigenvalue weighted by Gasteiger charge is 2.19. The quantitative estimate of drug-likeness (QED) is 0.455. The summed E-state index contributed by atoms with van der Waals surface area (Å²) in [6.45, 7) is 0.470. The summed E-state index contributed by atoms with van der Waals surface area (Å²) < 4.78 is 0. The van der Waals surface area contributed by atoms with E-state index in [2.05, 4.69) is 10.6 Å². The molecule has 0 saturated heterocycles. The molecule has 0 amide bonds. The summed E-state index contributed by atoms with van der Waals surface area (Å²) in [5.74, 6) is -0.388. The van der Waals surface area contributed by atoms with E-state index in [9.17, 15) is 20.1 Å². The van der Waals surface area contributed by atoms with E-state index in [1.54, 1.807) is 38.4 Å². The summed E-state index contributed by atoms with van der Waals surface area (Å²) in [6, 6.07) is 9.36. The predicted molar refractivity (Wildman–Crippen MR) is 107 cm³/mol. The molecule has 2 aromatic carbocycles. The third-order valence-electron chi connectivity index (χ3n) is 3.75. The van der Waals surface area contributed by atoms with Crippen LogP contribution in [0.15, 0.2) is 36.4 Å². The first-order valence-electron chi connectivity index (χ1n) is 7.65. The topological polar surface area (TPSA) is 102 Å². The molecule has 2 rings (SSSR count). The van der Waals surface area contributed by atoms with E-state index in [4.69, 9.17) is 0 Å². The number of aromatic hydroxyl groups is 2. The minimum Gasteiger partial charge on any atom is -0.507 e. The van der Waals surface area contributed by atoms with E-state index in [0.717, 1.165) is 0 Å². The van der Waals surface area contributed by atoms with Crippen LogP contribution in [-0.4, -0.2) is 48.3 Å². The third-order valence-corrected chi connectivity index (χ3v) is 3.75. The molecule has 0 saturated carbocycles. The molecule has 26 heavy (non-hydrogen) atoms. The van der Waals surface area contributed by atoms with Crippen molar-refractivity contribution in [3.05, 3.63) is 47.5 Å². The van der Waals surface area contributed by atoms with Crippen molar-refractivity contribution in [3.8, 4) is 22.6 Å². The van der Waals surface area contributed by atoms with E-state index >= 15 is 0 Å². The number of nitrogens with one attached hydrogen (secondary N) is 2. The lowest BCUT2D eigenvalue weighted by molar-refractivity contribution is 0.0994. The minimum absolute atomic E-state index is 0. The van der Waals surface area contributed by atoms with Crippen LogP contribution in [0.5, 0.6) is 11.5 Å². The Hall–Kier alpha value is -1.83. The van der Waals surface area contributed by atoms with Crippen molar-refractivity contribution in [1.82, 2.24) is 10.6 Å². The van der Waals surface area contributed by atoms with Gasteiger partial charge in [0.05, 0.1) is 12.6 Å². The summed E-state index contributed by atoms with van der Waals surface area (Å²) in [7, 11) is 3.38. The lowest BCUT2D eigenvalue weighted by Gasteiger charge is -2.15. The van der Waals surface area contributed by atoms with Crippen LogP contribution in [0, 0.1) is 0 Å². The van der Waals surface area contributed by atoms with Crippen molar-refractivity contribution in [2.24, 2.45) is 0 Å². The average molecular weight is 403 g/mol. The van der Waals surface area contributed by atoms with E-state index in [-0.39, 0.29) is 54.2 Å². The second-order valence-corrected chi connectivity index (χ2v) is 5.50. The first kappa shape index (κ1) is 24.2. The van der Waals surface area contributed by atoms with Crippen LogP contribution in [0.3, 0.4) is 0 Å². The fourth-order valence-electron chi connectivity index (χ4n) is 2.59. The zero-order valence-electron chi connectivity index (χ0n) is 14.5. The molecule has 0 aliphatic heterocycles. The van der Waals surface area contributed by atoms with Gasteiger partial charge in [0.1, 0.15) is 11.5 Å². The largest absolute Gasteiger partial charge is 0.507 e. The molecular weight excluding hydrogens is 379 g/mol. The first-order chi connectivity index (χ1) is 11.5. The predicted octanol–water partition coefficient (Wildman–Crippen LogP) is 2.26. The van der Waals surface area contributed by atoms with Crippen LogP contribution in [-0.2, 0) is 0 Å². The summed E-state index contributed by atoms with van der Waals surface area (Å²) in [5.41, 5.74) is 1.49. The van der Waals surface area contributed by atoms with E-state index in [1.165, 1.54) is 12.1 Å². The summed E-state index contributed by atoms with van der Waals surface area (Å²) in [6.07, 6.45) is -0.760. The minimum atomic E-state index is -0.760. The van der Waals surface area contributed by atoms with Crippen molar-refractivity contribution in [1.29, 1.82) is 0 Å². The van der Waals surface area contributed by atoms with Crippen LogP contribution >= 0.6 is 24.8 Å². The number of aliphatic hydroxyl groups excluding tert-OH is 1. The van der Waals surface area contributed by atoms with Gasteiger partial charge in [0, 0.05) is 23.2 Å². The van der Waals surface area contributed by atoms with Gasteiger partial charge >= 0.3 is 0 Å². The van der Waals surface area contributed by atoms with Gasteiger partial charge in [-0.2, -0.15) is 0 Å². The molecule has 8 heteroatoms. The number of aliphatic hydroxyl groups is 1. The Labute approximate surface area is 165 Å². The maximum absolute atomic E-state index is 12.3. The number of hydrogen-bond donors (Lipinski definition) is 5. The van der Waals surface area contributed by atoms with E-state index < -0.39 is 6.10 Å². The van der Waals surface area contributed by atoms with Crippen molar-refractivity contribution in [3.63, 3.8) is 0 Å². The van der Waals surface area contributed by atoms with Gasteiger partial charge in [0.15, 0.2) is 5.78 Å². The third kappa shape index (κ3) is 5.33. The molecule has 1 atom stereocenters. The Morgan fingerprint density at radius 1 is 1.04 bits per heavy atom. The Bertz CT molecular complexity index is 741. The van der Waals surface area contributed by atoms with Gasteiger partial charge in [-0.15, -0.1) is 24.8 Å². The van der Waals surface area contributed by atoms with Gasteiger partial charge < -0.3 is 26.0 Å². The maximum atomic E-state index is 12.3. The van der Waals surface area contributed by atoms with Crippen LogP contribution in [0.1, 0.15) is 22.0 Å². The number of phenols is 2. The Balaban J connectivity index is 0.00000312. The molecule has 0 spiro atoms. The highest BCUT2D eigenvalue weighted by Crippen LogP contribution is 2.39.